The molecule has 1 N–H and O–H groups in total. The number of nitrogens with one attached hydrogen (secondary N) is 1. The Kier molecular flexibility index (Phi) is 1.89. The van der Waals surface area contributed by atoms with Crippen LogP contribution in [-0.2, 0) is 0 Å². The molecule has 0 atom stereocenters. The van der Waals surface area contributed by atoms with E-state index in [9.17, 15) is 9.59 Å². The van der Waals surface area contributed by atoms with Crippen LogP contribution < -0.4 is 5.56 Å². The second kappa shape index (κ2) is 3.28. The molecule has 84 valence electrons. The number of H-pyrrole nitrogens is 1. The van der Waals surface area contributed by atoms with Crippen LogP contribution in [0.25, 0.3) is 16.7 Å². The van der Waals surface area contributed by atoms with Gasteiger partial charge in [0.25, 0.3) is 5.56 Å². The second-order valence-corrected chi connectivity index (χ2v) is 3.93. The van der Waals surface area contributed by atoms with E-state index < -0.39 is 0 Å². The molecule has 5 nitrogen and oxygen atoms in total. The highest BCUT2D eigenvalue weighted by atomic mass is 16.1. The van der Waals surface area contributed by atoms with Gasteiger partial charge in [-0.1, -0.05) is 0 Å². The maximum atomic E-state index is 11.9. The molecule has 0 aromatic carbocycles. The highest BCUT2D eigenvalue weighted by Crippen LogP contribution is 2.14. The Balaban J connectivity index is 2.57. The number of rotatable bonds is 1. The summed E-state index contributed by atoms with van der Waals surface area (Å²) in [4.78, 5) is 29.5. The van der Waals surface area contributed by atoms with Crippen LogP contribution in [0.15, 0.2) is 29.3 Å². The van der Waals surface area contributed by atoms with E-state index in [-0.39, 0.29) is 5.56 Å². The Hall–Kier alpha value is -2.43. The predicted octanol–water partition coefficient (Wildman–Crippen LogP) is 1.30. The number of aldehydes is 1. The van der Waals surface area contributed by atoms with Gasteiger partial charge in [0, 0.05) is 18.0 Å². The van der Waals surface area contributed by atoms with E-state index in [1.165, 1.54) is 6.20 Å². The first-order valence-corrected chi connectivity index (χ1v) is 5.15. The van der Waals surface area contributed by atoms with Gasteiger partial charge in [0.15, 0.2) is 11.9 Å². The number of carbonyl (C=O) groups is 1. The molecule has 5 heteroatoms. The van der Waals surface area contributed by atoms with Gasteiger partial charge < -0.3 is 4.98 Å². The summed E-state index contributed by atoms with van der Waals surface area (Å²) in [6.07, 6.45) is 3.99. The third kappa shape index (κ3) is 1.29. The summed E-state index contributed by atoms with van der Waals surface area (Å²) in [6, 6.07) is 3.48. The van der Waals surface area contributed by atoms with Crippen molar-refractivity contribution in [3.05, 3.63) is 46.0 Å². The van der Waals surface area contributed by atoms with E-state index in [1.54, 1.807) is 16.7 Å². The monoisotopic (exact) mass is 227 g/mol. The molecule has 0 fully saturated rings. The Morgan fingerprint density at radius 3 is 3.06 bits per heavy atom. The van der Waals surface area contributed by atoms with Crippen LogP contribution in [0.2, 0.25) is 0 Å². The fraction of sp³-hybridized carbons (Fsp3) is 0.0833. The highest BCUT2D eigenvalue weighted by molar-refractivity contribution is 5.83. The minimum atomic E-state index is -0.176. The molecule has 0 bridgehead atoms. The first-order chi connectivity index (χ1) is 8.20. The molecular weight excluding hydrogens is 218 g/mol. The number of hydrogen-bond donors (Lipinski definition) is 1. The van der Waals surface area contributed by atoms with Crippen molar-refractivity contribution in [2.75, 3.05) is 0 Å². The van der Waals surface area contributed by atoms with Gasteiger partial charge in [-0.25, -0.2) is 4.98 Å². The molecule has 0 saturated carbocycles. The Morgan fingerprint density at radius 2 is 2.29 bits per heavy atom. The molecule has 0 aliphatic carbocycles. The van der Waals surface area contributed by atoms with Gasteiger partial charge in [0.2, 0.25) is 0 Å². The minimum Gasteiger partial charge on any atom is -0.317 e. The SMILES string of the molecule is Cc1ccn2c1c(=O)[nH]c1cc(C=O)cnc12. The number of nitrogens with zero attached hydrogens (tertiary/aromatic N) is 2. The zero-order chi connectivity index (χ0) is 12.0. The molecule has 0 unspecified atom stereocenters. The number of aromatic amines is 1. The number of hydrogen-bond acceptors (Lipinski definition) is 3. The van der Waals surface area contributed by atoms with Gasteiger partial charge in [0.1, 0.15) is 5.52 Å². The molecule has 0 aliphatic heterocycles. The fourth-order valence-corrected chi connectivity index (χ4v) is 2.00. The van der Waals surface area contributed by atoms with Gasteiger partial charge >= 0.3 is 0 Å². The standard InChI is InChI=1S/C12H9N3O2/c1-7-2-3-15-10(7)12(17)14-9-4-8(6-16)5-13-11(9)15/h2-6H,1H3,(H,14,17). The van der Waals surface area contributed by atoms with E-state index in [0.717, 1.165) is 5.56 Å². The Morgan fingerprint density at radius 1 is 1.47 bits per heavy atom. The summed E-state index contributed by atoms with van der Waals surface area (Å²) in [6.45, 7) is 1.87. The molecule has 3 heterocycles. The maximum Gasteiger partial charge on any atom is 0.273 e. The van der Waals surface area contributed by atoms with E-state index in [1.807, 2.05) is 13.0 Å². The smallest absolute Gasteiger partial charge is 0.273 e. The average molecular weight is 227 g/mol. The van der Waals surface area contributed by atoms with Gasteiger partial charge in [-0.3, -0.25) is 14.0 Å². The topological polar surface area (TPSA) is 67.2 Å². The summed E-state index contributed by atoms with van der Waals surface area (Å²) in [5, 5.41) is 0. The van der Waals surface area contributed by atoms with Gasteiger partial charge in [-0.05, 0) is 24.6 Å². The molecule has 3 rings (SSSR count). The van der Waals surface area contributed by atoms with Crippen LogP contribution in [0, 0.1) is 6.92 Å². The maximum absolute atomic E-state index is 11.9. The first-order valence-electron chi connectivity index (χ1n) is 5.15. The van der Waals surface area contributed by atoms with Crippen LogP contribution in [0.1, 0.15) is 15.9 Å². The molecule has 0 amide bonds. The van der Waals surface area contributed by atoms with E-state index in [0.29, 0.717) is 28.5 Å². The van der Waals surface area contributed by atoms with Gasteiger partial charge in [0.05, 0.1) is 5.52 Å². The molecule has 3 aromatic heterocycles. The lowest BCUT2D eigenvalue weighted by Crippen LogP contribution is -2.11. The molecule has 0 saturated heterocycles. The van der Waals surface area contributed by atoms with Crippen LogP contribution in [0.5, 0.6) is 0 Å². The van der Waals surface area contributed by atoms with Crippen LogP contribution in [0.4, 0.5) is 0 Å². The lowest BCUT2D eigenvalue weighted by atomic mass is 10.3. The van der Waals surface area contributed by atoms with E-state index in [4.69, 9.17) is 0 Å². The number of pyridine rings is 1. The molecule has 0 aliphatic rings. The summed E-state index contributed by atoms with van der Waals surface area (Å²) >= 11 is 0. The Bertz CT molecular complexity index is 798. The molecule has 0 radical (unpaired) electrons. The summed E-state index contributed by atoms with van der Waals surface area (Å²) in [5.41, 5.74) is 2.94. The molecular formula is C12H9N3O2. The summed E-state index contributed by atoms with van der Waals surface area (Å²) in [5.74, 6) is 0. The van der Waals surface area contributed by atoms with Crippen molar-refractivity contribution < 1.29 is 4.79 Å². The number of fused-ring (bicyclic) bond motifs is 3. The van der Waals surface area contributed by atoms with Crippen molar-refractivity contribution >= 4 is 23.0 Å². The highest BCUT2D eigenvalue weighted by Gasteiger charge is 2.08. The quantitative estimate of drug-likeness (QED) is 0.637. The Labute approximate surface area is 95.7 Å². The molecule has 17 heavy (non-hydrogen) atoms. The third-order valence-electron chi connectivity index (χ3n) is 2.80. The predicted molar refractivity (Wildman–Crippen MR) is 63.4 cm³/mol. The van der Waals surface area contributed by atoms with Crippen molar-refractivity contribution in [2.24, 2.45) is 0 Å². The van der Waals surface area contributed by atoms with Crippen molar-refractivity contribution in [3.8, 4) is 0 Å². The van der Waals surface area contributed by atoms with Gasteiger partial charge in [-0.15, -0.1) is 0 Å². The number of aryl methyl sites for hydroxylation is 1. The van der Waals surface area contributed by atoms with E-state index >= 15 is 0 Å². The number of aromatic nitrogens is 3. The minimum absolute atomic E-state index is 0.176. The van der Waals surface area contributed by atoms with Crippen LogP contribution >= 0.6 is 0 Å². The zero-order valence-electron chi connectivity index (χ0n) is 9.10. The third-order valence-corrected chi connectivity index (χ3v) is 2.80. The van der Waals surface area contributed by atoms with Gasteiger partial charge in [-0.2, -0.15) is 0 Å². The number of carbonyl (C=O) groups excluding carboxylic acids is 1. The molecule has 3 aromatic rings. The average Bonchev–Trinajstić information content (AvgIpc) is 2.71. The van der Waals surface area contributed by atoms with Crippen molar-refractivity contribution in [2.45, 2.75) is 6.92 Å². The van der Waals surface area contributed by atoms with Crippen molar-refractivity contribution in [3.63, 3.8) is 0 Å². The fourth-order valence-electron chi connectivity index (χ4n) is 2.00. The normalized spacial score (nSPS) is 11.1. The van der Waals surface area contributed by atoms with Crippen LogP contribution in [-0.4, -0.2) is 20.7 Å². The van der Waals surface area contributed by atoms with Crippen molar-refractivity contribution in [1.82, 2.24) is 14.4 Å². The second-order valence-electron chi connectivity index (χ2n) is 3.93. The first kappa shape index (κ1) is 9.77. The van der Waals surface area contributed by atoms with Crippen LogP contribution in [0.3, 0.4) is 0 Å². The molecule has 0 spiro atoms. The lowest BCUT2D eigenvalue weighted by molar-refractivity contribution is 0.112. The van der Waals surface area contributed by atoms with Crippen molar-refractivity contribution in [1.29, 1.82) is 0 Å². The summed E-state index contributed by atoms with van der Waals surface area (Å²) < 4.78 is 1.73. The zero-order valence-corrected chi connectivity index (χ0v) is 9.10. The lowest BCUT2D eigenvalue weighted by Gasteiger charge is -2.02. The largest absolute Gasteiger partial charge is 0.317 e. The summed E-state index contributed by atoms with van der Waals surface area (Å²) in [7, 11) is 0. The van der Waals surface area contributed by atoms with E-state index in [2.05, 4.69) is 9.97 Å².